The molecule has 1 N–H and O–H groups in total. The molecule has 1 saturated heterocycles. The van der Waals surface area contributed by atoms with Crippen molar-refractivity contribution >= 4 is 11.6 Å². The number of carbonyl (C=O) groups excluding carboxylic acids is 1. The number of para-hydroxylation sites is 2. The standard InChI is InChI=1S/C18H23N3O3/c1-20-9-5-7-15(20)16-13-24-11-10-21(16)12-18(22)19-14-6-3-4-8-17(14)23-2/h3-9,16H,10-13H2,1-2H3,(H,19,22). The summed E-state index contributed by atoms with van der Waals surface area (Å²) in [6, 6.07) is 11.6. The van der Waals surface area contributed by atoms with Crippen molar-refractivity contribution in [1.29, 1.82) is 0 Å². The molecule has 0 saturated carbocycles. The van der Waals surface area contributed by atoms with Crippen LogP contribution in [0.4, 0.5) is 5.69 Å². The van der Waals surface area contributed by atoms with Crippen LogP contribution in [0.5, 0.6) is 5.75 Å². The Morgan fingerprint density at radius 2 is 2.17 bits per heavy atom. The van der Waals surface area contributed by atoms with E-state index in [1.54, 1.807) is 7.11 Å². The summed E-state index contributed by atoms with van der Waals surface area (Å²) in [6.45, 7) is 2.29. The number of aromatic nitrogens is 1. The van der Waals surface area contributed by atoms with Gasteiger partial charge >= 0.3 is 0 Å². The molecule has 0 spiro atoms. The van der Waals surface area contributed by atoms with Gasteiger partial charge in [-0.3, -0.25) is 9.69 Å². The van der Waals surface area contributed by atoms with E-state index in [0.717, 1.165) is 12.2 Å². The number of nitrogens with one attached hydrogen (secondary N) is 1. The number of ether oxygens (including phenoxy) is 2. The average molecular weight is 329 g/mol. The van der Waals surface area contributed by atoms with Crippen LogP contribution in [0.25, 0.3) is 0 Å². The van der Waals surface area contributed by atoms with Crippen molar-refractivity contribution in [1.82, 2.24) is 9.47 Å². The van der Waals surface area contributed by atoms with Crippen LogP contribution in [0.2, 0.25) is 0 Å². The molecular weight excluding hydrogens is 306 g/mol. The summed E-state index contributed by atoms with van der Waals surface area (Å²) in [7, 11) is 3.61. The lowest BCUT2D eigenvalue weighted by Gasteiger charge is -2.35. The zero-order valence-electron chi connectivity index (χ0n) is 14.1. The van der Waals surface area contributed by atoms with Crippen LogP contribution in [-0.2, 0) is 16.6 Å². The normalized spacial score (nSPS) is 18.3. The number of nitrogens with zero attached hydrogens (tertiary/aromatic N) is 2. The Labute approximate surface area is 142 Å². The number of carbonyl (C=O) groups is 1. The maximum Gasteiger partial charge on any atom is 0.238 e. The summed E-state index contributed by atoms with van der Waals surface area (Å²) in [4.78, 5) is 14.6. The summed E-state index contributed by atoms with van der Waals surface area (Å²) in [6.07, 6.45) is 2.01. The molecule has 1 aliphatic heterocycles. The number of morpholine rings is 1. The lowest BCUT2D eigenvalue weighted by atomic mass is 10.1. The van der Waals surface area contributed by atoms with Crippen molar-refractivity contribution in [2.24, 2.45) is 7.05 Å². The van der Waals surface area contributed by atoms with Gasteiger partial charge in [-0.15, -0.1) is 0 Å². The molecule has 6 heteroatoms. The molecule has 0 bridgehead atoms. The van der Waals surface area contributed by atoms with Gasteiger partial charge < -0.3 is 19.4 Å². The van der Waals surface area contributed by atoms with Crippen molar-refractivity contribution < 1.29 is 14.3 Å². The molecule has 24 heavy (non-hydrogen) atoms. The van der Waals surface area contributed by atoms with Crippen LogP contribution in [0.1, 0.15) is 11.7 Å². The van der Waals surface area contributed by atoms with Gasteiger partial charge in [0, 0.05) is 25.5 Å². The zero-order valence-corrected chi connectivity index (χ0v) is 14.1. The van der Waals surface area contributed by atoms with E-state index in [4.69, 9.17) is 9.47 Å². The number of rotatable bonds is 5. The summed E-state index contributed by atoms with van der Waals surface area (Å²) in [5, 5.41) is 2.94. The van der Waals surface area contributed by atoms with Gasteiger partial charge in [0.2, 0.25) is 5.91 Å². The first-order chi connectivity index (χ1) is 11.7. The van der Waals surface area contributed by atoms with Gasteiger partial charge in [0.1, 0.15) is 5.75 Å². The number of methoxy groups -OCH3 is 1. The van der Waals surface area contributed by atoms with Gasteiger partial charge in [-0.2, -0.15) is 0 Å². The van der Waals surface area contributed by atoms with Gasteiger partial charge in [0.05, 0.1) is 38.6 Å². The fourth-order valence-electron chi connectivity index (χ4n) is 3.04. The predicted octanol–water partition coefficient (Wildman–Crippen LogP) is 2.05. The molecule has 1 aromatic carbocycles. The van der Waals surface area contributed by atoms with E-state index in [9.17, 15) is 4.79 Å². The van der Waals surface area contributed by atoms with Gasteiger partial charge in [0.25, 0.3) is 0 Å². The van der Waals surface area contributed by atoms with Crippen LogP contribution in [0.15, 0.2) is 42.6 Å². The Kier molecular flexibility index (Phi) is 5.17. The molecule has 0 radical (unpaired) electrons. The Bertz CT molecular complexity index is 698. The minimum absolute atomic E-state index is 0.0550. The maximum atomic E-state index is 12.5. The van der Waals surface area contributed by atoms with E-state index >= 15 is 0 Å². The highest BCUT2D eigenvalue weighted by molar-refractivity contribution is 5.93. The quantitative estimate of drug-likeness (QED) is 0.912. The van der Waals surface area contributed by atoms with Crippen LogP contribution < -0.4 is 10.1 Å². The number of benzene rings is 1. The number of amides is 1. The topological polar surface area (TPSA) is 55.7 Å². The van der Waals surface area contributed by atoms with Crippen LogP contribution >= 0.6 is 0 Å². The van der Waals surface area contributed by atoms with Gasteiger partial charge in [0.15, 0.2) is 0 Å². The second-order valence-corrected chi connectivity index (χ2v) is 5.85. The lowest BCUT2D eigenvalue weighted by molar-refractivity contribution is -0.119. The van der Waals surface area contributed by atoms with Crippen molar-refractivity contribution in [3.05, 3.63) is 48.3 Å². The van der Waals surface area contributed by atoms with E-state index in [1.807, 2.05) is 43.6 Å². The first-order valence-corrected chi connectivity index (χ1v) is 8.05. The second-order valence-electron chi connectivity index (χ2n) is 5.85. The Morgan fingerprint density at radius 1 is 1.33 bits per heavy atom. The van der Waals surface area contributed by atoms with E-state index in [0.29, 0.717) is 31.2 Å². The molecule has 1 atom stereocenters. The van der Waals surface area contributed by atoms with Crippen LogP contribution in [0.3, 0.4) is 0 Å². The first-order valence-electron chi connectivity index (χ1n) is 8.05. The SMILES string of the molecule is COc1ccccc1NC(=O)CN1CCOCC1c1cccn1C. The molecule has 6 nitrogen and oxygen atoms in total. The fourth-order valence-corrected chi connectivity index (χ4v) is 3.04. The van der Waals surface area contributed by atoms with Gasteiger partial charge in [-0.1, -0.05) is 12.1 Å². The highest BCUT2D eigenvalue weighted by atomic mass is 16.5. The zero-order chi connectivity index (χ0) is 16.9. The fraction of sp³-hybridized carbons (Fsp3) is 0.389. The molecule has 1 fully saturated rings. The van der Waals surface area contributed by atoms with E-state index in [2.05, 4.69) is 20.9 Å². The minimum Gasteiger partial charge on any atom is -0.495 e. The van der Waals surface area contributed by atoms with Crippen molar-refractivity contribution in [3.63, 3.8) is 0 Å². The molecule has 1 aromatic heterocycles. The average Bonchev–Trinajstić information content (AvgIpc) is 3.01. The van der Waals surface area contributed by atoms with Crippen molar-refractivity contribution in [2.45, 2.75) is 6.04 Å². The van der Waals surface area contributed by atoms with E-state index in [1.165, 1.54) is 0 Å². The number of hydrogen-bond acceptors (Lipinski definition) is 4. The van der Waals surface area contributed by atoms with Gasteiger partial charge in [-0.25, -0.2) is 0 Å². The van der Waals surface area contributed by atoms with E-state index in [-0.39, 0.29) is 11.9 Å². The second kappa shape index (κ2) is 7.51. The highest BCUT2D eigenvalue weighted by Crippen LogP contribution is 2.25. The molecule has 2 heterocycles. The maximum absolute atomic E-state index is 12.5. The Balaban J connectivity index is 1.69. The number of anilines is 1. The molecule has 1 amide bonds. The Morgan fingerprint density at radius 3 is 2.92 bits per heavy atom. The summed E-state index contributed by atoms with van der Waals surface area (Å²) in [5.41, 5.74) is 1.84. The van der Waals surface area contributed by atoms with Crippen molar-refractivity contribution in [2.75, 3.05) is 38.7 Å². The highest BCUT2D eigenvalue weighted by Gasteiger charge is 2.27. The molecule has 3 rings (SSSR count). The third kappa shape index (κ3) is 3.60. The molecule has 2 aromatic rings. The third-order valence-electron chi connectivity index (χ3n) is 4.29. The molecule has 1 aliphatic rings. The monoisotopic (exact) mass is 329 g/mol. The van der Waals surface area contributed by atoms with Gasteiger partial charge in [-0.05, 0) is 24.3 Å². The minimum atomic E-state index is -0.0550. The summed E-state index contributed by atoms with van der Waals surface area (Å²) in [5.74, 6) is 0.604. The molecule has 0 aliphatic carbocycles. The van der Waals surface area contributed by atoms with Crippen LogP contribution in [0, 0.1) is 0 Å². The largest absolute Gasteiger partial charge is 0.495 e. The number of hydrogen-bond donors (Lipinski definition) is 1. The van der Waals surface area contributed by atoms with Crippen molar-refractivity contribution in [3.8, 4) is 5.75 Å². The van der Waals surface area contributed by atoms with E-state index < -0.39 is 0 Å². The lowest BCUT2D eigenvalue weighted by Crippen LogP contribution is -2.44. The Hall–Kier alpha value is -2.31. The number of aryl methyl sites for hydroxylation is 1. The first kappa shape index (κ1) is 16.5. The third-order valence-corrected chi connectivity index (χ3v) is 4.29. The molecular formula is C18H23N3O3. The van der Waals surface area contributed by atoms with Crippen LogP contribution in [-0.4, -0.2) is 48.8 Å². The predicted molar refractivity (Wildman–Crippen MR) is 92.2 cm³/mol. The molecule has 1 unspecified atom stereocenters. The molecule has 128 valence electrons. The smallest absolute Gasteiger partial charge is 0.238 e. The summed E-state index contributed by atoms with van der Waals surface area (Å²) >= 11 is 0. The summed E-state index contributed by atoms with van der Waals surface area (Å²) < 4.78 is 13.0.